The molecule has 0 saturated heterocycles. The van der Waals surface area contributed by atoms with Gasteiger partial charge in [0.15, 0.2) is 7.28 Å². The number of hydrogen-bond donors (Lipinski definition) is 1. The largest absolute Gasteiger partial charge is 0.355 e. The second-order valence-corrected chi connectivity index (χ2v) is 11.7. The van der Waals surface area contributed by atoms with Crippen molar-refractivity contribution in [3.05, 3.63) is 127 Å². The Morgan fingerprint density at radius 2 is 1.38 bits per heavy atom. The van der Waals surface area contributed by atoms with E-state index in [1.54, 1.807) is 0 Å². The molecule has 186 valence electrons. The highest BCUT2D eigenvalue weighted by molar-refractivity contribution is 7.25. The summed E-state index contributed by atoms with van der Waals surface area (Å²) >= 11 is 1.89. The van der Waals surface area contributed by atoms with Gasteiger partial charge in [0.25, 0.3) is 0 Å². The predicted molar refractivity (Wildman–Crippen MR) is 175 cm³/mol. The van der Waals surface area contributed by atoms with Gasteiger partial charge in [-0.1, -0.05) is 90.4 Å². The van der Waals surface area contributed by atoms with E-state index >= 15 is 0 Å². The molecule has 0 bridgehead atoms. The quantitative estimate of drug-likeness (QED) is 0.229. The second-order valence-electron chi connectivity index (χ2n) is 10.6. The van der Waals surface area contributed by atoms with E-state index in [4.69, 9.17) is 0 Å². The lowest BCUT2D eigenvalue weighted by molar-refractivity contribution is 1.19. The van der Waals surface area contributed by atoms with E-state index in [0.29, 0.717) is 0 Å². The molecule has 6 aromatic carbocycles. The van der Waals surface area contributed by atoms with Crippen molar-refractivity contribution < 1.29 is 0 Å². The molecule has 0 saturated carbocycles. The molecule has 1 aliphatic rings. The minimum Gasteiger partial charge on any atom is -0.355 e. The second kappa shape index (κ2) is 8.35. The van der Waals surface area contributed by atoms with Crippen LogP contribution >= 0.6 is 11.3 Å². The predicted octanol–water partition coefficient (Wildman–Crippen LogP) is 8.26. The number of benzene rings is 6. The first-order chi connectivity index (χ1) is 19.8. The molecular formula is C36H23BN2S. The van der Waals surface area contributed by atoms with Gasteiger partial charge in [-0.05, 0) is 53.5 Å². The molecule has 0 amide bonds. The van der Waals surface area contributed by atoms with Gasteiger partial charge in [-0.25, -0.2) is 0 Å². The van der Waals surface area contributed by atoms with Crippen molar-refractivity contribution in [2.24, 2.45) is 0 Å². The summed E-state index contributed by atoms with van der Waals surface area (Å²) < 4.78 is 5.23. The number of anilines is 2. The first kappa shape index (κ1) is 22.1. The Kier molecular flexibility index (Phi) is 4.61. The fourth-order valence-corrected chi connectivity index (χ4v) is 7.77. The molecule has 0 unspecified atom stereocenters. The van der Waals surface area contributed by atoms with Gasteiger partial charge >= 0.3 is 0 Å². The third-order valence-electron chi connectivity index (χ3n) is 8.40. The van der Waals surface area contributed by atoms with E-state index in [9.17, 15) is 0 Å². The summed E-state index contributed by atoms with van der Waals surface area (Å²) in [4.78, 5) is 0. The van der Waals surface area contributed by atoms with Crippen LogP contribution in [-0.4, -0.2) is 11.8 Å². The summed E-state index contributed by atoms with van der Waals surface area (Å²) in [5.41, 5.74) is 11.4. The van der Waals surface area contributed by atoms with Crippen molar-refractivity contribution in [2.75, 3.05) is 5.32 Å². The summed E-state index contributed by atoms with van der Waals surface area (Å²) in [5.74, 6) is 0. The fraction of sp³-hybridized carbons (Fsp3) is 0. The minimum absolute atomic E-state index is 0.913. The lowest BCUT2D eigenvalue weighted by Crippen LogP contribution is -2.37. The number of hydrogen-bond acceptors (Lipinski definition) is 2. The van der Waals surface area contributed by atoms with Gasteiger partial charge in [0.05, 0.1) is 5.52 Å². The number of nitrogens with zero attached hydrogens (tertiary/aromatic N) is 1. The molecule has 9 rings (SSSR count). The monoisotopic (exact) mass is 526 g/mol. The highest BCUT2D eigenvalue weighted by Crippen LogP contribution is 2.42. The molecule has 1 aliphatic heterocycles. The summed E-state index contributed by atoms with van der Waals surface area (Å²) in [6.07, 6.45) is 0. The van der Waals surface area contributed by atoms with Crippen LogP contribution in [0.1, 0.15) is 0 Å². The molecule has 1 N–H and O–H groups in total. The van der Waals surface area contributed by atoms with E-state index in [-0.39, 0.29) is 0 Å². The van der Waals surface area contributed by atoms with E-state index in [2.05, 4.69) is 137 Å². The van der Waals surface area contributed by atoms with Gasteiger partial charge < -0.3 is 9.88 Å². The number of nitrogens with one attached hydrogen (secondary N) is 1. The van der Waals surface area contributed by atoms with Crippen LogP contribution in [0.2, 0.25) is 0 Å². The first-order valence-electron chi connectivity index (χ1n) is 13.7. The smallest absolute Gasteiger partial charge is 0.198 e. The number of thiophene rings is 1. The van der Waals surface area contributed by atoms with Crippen LogP contribution in [-0.2, 0) is 0 Å². The standard InChI is InChI=1S/C36H23BN2S/c1-2-10-22(11-3-1)38-30-15-7-4-12-23(30)25-18-19-26-27-21-34-28(24-13-5-9-17-33(24)40-34)20-32(27)39-31-16-8-6-14-29(31)37-35(25)36(26)39/h1-21,37-38H. The van der Waals surface area contributed by atoms with Crippen LogP contribution in [0.25, 0.3) is 58.8 Å². The molecule has 4 heteroatoms. The zero-order chi connectivity index (χ0) is 26.2. The van der Waals surface area contributed by atoms with Crippen molar-refractivity contribution >= 4 is 82.9 Å². The van der Waals surface area contributed by atoms with Gasteiger partial charge in [-0.2, -0.15) is 0 Å². The minimum atomic E-state index is 0.913. The van der Waals surface area contributed by atoms with Crippen molar-refractivity contribution in [1.82, 2.24) is 4.57 Å². The molecule has 3 heterocycles. The third kappa shape index (κ3) is 3.11. The van der Waals surface area contributed by atoms with E-state index in [1.165, 1.54) is 69.7 Å². The summed E-state index contributed by atoms with van der Waals surface area (Å²) in [6.45, 7) is 0. The van der Waals surface area contributed by atoms with Crippen LogP contribution in [0.4, 0.5) is 11.4 Å². The maximum absolute atomic E-state index is 3.68. The van der Waals surface area contributed by atoms with E-state index in [0.717, 1.165) is 18.7 Å². The molecule has 0 spiro atoms. The van der Waals surface area contributed by atoms with Crippen molar-refractivity contribution in [3.8, 4) is 16.8 Å². The maximum Gasteiger partial charge on any atom is 0.198 e. The third-order valence-corrected chi connectivity index (χ3v) is 9.54. The highest BCUT2D eigenvalue weighted by Gasteiger charge is 2.26. The Hall–Kier alpha value is -4.80. The van der Waals surface area contributed by atoms with Gasteiger partial charge in [0.1, 0.15) is 0 Å². The van der Waals surface area contributed by atoms with Crippen LogP contribution < -0.4 is 16.2 Å². The molecule has 0 atom stereocenters. The maximum atomic E-state index is 3.68. The lowest BCUT2D eigenvalue weighted by atomic mass is 9.59. The van der Waals surface area contributed by atoms with Crippen LogP contribution in [0.15, 0.2) is 127 Å². The van der Waals surface area contributed by atoms with Gasteiger partial charge in [-0.3, -0.25) is 0 Å². The van der Waals surface area contributed by atoms with Crippen LogP contribution in [0, 0.1) is 0 Å². The zero-order valence-electron chi connectivity index (χ0n) is 21.7. The summed E-state index contributed by atoms with van der Waals surface area (Å²) in [7, 11) is 0.913. The summed E-state index contributed by atoms with van der Waals surface area (Å²) in [6, 6.07) is 46.4. The topological polar surface area (TPSA) is 17.0 Å². The number of aromatic nitrogens is 1. The Morgan fingerprint density at radius 3 is 2.33 bits per heavy atom. The lowest BCUT2D eigenvalue weighted by Gasteiger charge is -2.23. The molecule has 8 aromatic rings. The van der Waals surface area contributed by atoms with Gasteiger partial charge in [0, 0.05) is 59.1 Å². The normalized spacial score (nSPS) is 12.2. The molecular weight excluding hydrogens is 503 g/mol. The van der Waals surface area contributed by atoms with Gasteiger partial charge in [0.2, 0.25) is 0 Å². The molecule has 2 aromatic heterocycles. The average molecular weight is 526 g/mol. The zero-order valence-corrected chi connectivity index (χ0v) is 22.5. The van der Waals surface area contributed by atoms with Crippen molar-refractivity contribution in [3.63, 3.8) is 0 Å². The number of fused-ring (bicyclic) bond motifs is 8. The Labute approximate surface area is 236 Å². The van der Waals surface area contributed by atoms with Crippen LogP contribution in [0.3, 0.4) is 0 Å². The molecule has 0 radical (unpaired) electrons. The average Bonchev–Trinajstić information content (AvgIpc) is 3.53. The van der Waals surface area contributed by atoms with E-state index < -0.39 is 0 Å². The fourth-order valence-electron chi connectivity index (χ4n) is 6.64. The van der Waals surface area contributed by atoms with Crippen molar-refractivity contribution in [1.29, 1.82) is 0 Å². The Morgan fingerprint density at radius 1 is 0.575 bits per heavy atom. The summed E-state index contributed by atoms with van der Waals surface area (Å²) in [5, 5.41) is 9.02. The highest BCUT2D eigenvalue weighted by atomic mass is 32.1. The molecule has 40 heavy (non-hydrogen) atoms. The van der Waals surface area contributed by atoms with Crippen LogP contribution in [0.5, 0.6) is 0 Å². The molecule has 0 fully saturated rings. The first-order valence-corrected chi connectivity index (χ1v) is 14.6. The van der Waals surface area contributed by atoms with Crippen molar-refractivity contribution in [2.45, 2.75) is 0 Å². The van der Waals surface area contributed by atoms with Gasteiger partial charge in [-0.15, -0.1) is 11.3 Å². The SMILES string of the molecule is B1c2ccccc2-n2c3cc4c(cc3c3ccc(-c5ccccc5Nc5ccccc5)c1c32)sc1ccccc14. The number of rotatable bonds is 3. The molecule has 2 nitrogen and oxygen atoms in total. The molecule has 0 aliphatic carbocycles. The Balaban J connectivity index is 1.37. The Bertz CT molecular complexity index is 2280. The number of para-hydroxylation sites is 3. The van der Waals surface area contributed by atoms with E-state index in [1.807, 2.05) is 11.3 Å².